The van der Waals surface area contributed by atoms with E-state index in [2.05, 4.69) is 10.6 Å². The van der Waals surface area contributed by atoms with Gasteiger partial charge in [0.2, 0.25) is 5.75 Å². The fourth-order valence-corrected chi connectivity index (χ4v) is 2.92. The molecule has 0 unspecified atom stereocenters. The van der Waals surface area contributed by atoms with E-state index in [1.165, 1.54) is 12.1 Å². The zero-order valence-corrected chi connectivity index (χ0v) is 19.4. The summed E-state index contributed by atoms with van der Waals surface area (Å²) >= 11 is 0. The van der Waals surface area contributed by atoms with Gasteiger partial charge < -0.3 is 29.6 Å². The minimum Gasteiger partial charge on any atom is -0.490 e. The number of carbonyl (C=O) groups excluding carboxylic acids is 3. The molecule has 0 spiro atoms. The Balaban J connectivity index is 2.08. The van der Waals surface area contributed by atoms with Crippen molar-refractivity contribution in [2.75, 3.05) is 38.3 Å². The number of amides is 2. The van der Waals surface area contributed by atoms with Crippen molar-refractivity contribution in [1.82, 2.24) is 5.32 Å². The molecule has 0 aliphatic heterocycles. The standard InChI is InChI=1S/C24H30N2O7/c1-5-25-23(28)16-10-9-11-18(12-16)26-21(27)15-33-24(29)17-13-19(30-6-2)22(32-8-4)20(14-17)31-7-3/h9-14H,5-8,15H2,1-4H3,(H,25,28)(H,26,27). The first-order valence-corrected chi connectivity index (χ1v) is 10.8. The number of esters is 1. The lowest BCUT2D eigenvalue weighted by molar-refractivity contribution is -0.119. The van der Waals surface area contributed by atoms with E-state index in [4.69, 9.17) is 18.9 Å². The van der Waals surface area contributed by atoms with Crippen LogP contribution in [0.5, 0.6) is 17.2 Å². The highest BCUT2D eigenvalue weighted by Gasteiger charge is 2.20. The number of hydrogen-bond donors (Lipinski definition) is 2. The summed E-state index contributed by atoms with van der Waals surface area (Å²) in [6, 6.07) is 9.45. The topological polar surface area (TPSA) is 112 Å². The van der Waals surface area contributed by atoms with Gasteiger partial charge in [-0.15, -0.1) is 0 Å². The second kappa shape index (κ2) is 12.9. The van der Waals surface area contributed by atoms with Gasteiger partial charge in [-0.05, 0) is 58.0 Å². The summed E-state index contributed by atoms with van der Waals surface area (Å²) in [6.07, 6.45) is 0. The van der Waals surface area contributed by atoms with Crippen LogP contribution in [-0.4, -0.2) is 50.8 Å². The molecule has 2 N–H and O–H groups in total. The number of anilines is 1. The van der Waals surface area contributed by atoms with Crippen LogP contribution in [0.15, 0.2) is 36.4 Å². The molecule has 33 heavy (non-hydrogen) atoms. The van der Waals surface area contributed by atoms with Crippen molar-refractivity contribution in [3.63, 3.8) is 0 Å². The number of carbonyl (C=O) groups is 3. The lowest BCUT2D eigenvalue weighted by Gasteiger charge is -2.16. The van der Waals surface area contributed by atoms with Gasteiger partial charge in [0.25, 0.3) is 11.8 Å². The minimum atomic E-state index is -0.717. The molecule has 9 nitrogen and oxygen atoms in total. The summed E-state index contributed by atoms with van der Waals surface area (Å²) in [5, 5.41) is 5.30. The summed E-state index contributed by atoms with van der Waals surface area (Å²) < 4.78 is 22.0. The van der Waals surface area contributed by atoms with E-state index < -0.39 is 18.5 Å². The number of nitrogens with one attached hydrogen (secondary N) is 2. The van der Waals surface area contributed by atoms with Crippen molar-refractivity contribution in [2.24, 2.45) is 0 Å². The number of hydrogen-bond acceptors (Lipinski definition) is 7. The molecule has 0 radical (unpaired) electrons. The normalized spacial score (nSPS) is 10.2. The van der Waals surface area contributed by atoms with Crippen molar-refractivity contribution in [3.8, 4) is 17.2 Å². The van der Waals surface area contributed by atoms with E-state index in [-0.39, 0.29) is 11.5 Å². The van der Waals surface area contributed by atoms with Gasteiger partial charge in [0.05, 0.1) is 25.4 Å². The molecule has 0 aliphatic carbocycles. The molecule has 9 heteroatoms. The van der Waals surface area contributed by atoms with Crippen LogP contribution in [0.4, 0.5) is 5.69 Å². The van der Waals surface area contributed by atoms with Crippen LogP contribution in [-0.2, 0) is 9.53 Å². The molecular weight excluding hydrogens is 428 g/mol. The third-order valence-electron chi connectivity index (χ3n) is 4.23. The average Bonchev–Trinajstić information content (AvgIpc) is 2.80. The first kappa shape index (κ1) is 25.5. The van der Waals surface area contributed by atoms with Crippen LogP contribution in [0.3, 0.4) is 0 Å². The molecular formula is C24H30N2O7. The van der Waals surface area contributed by atoms with E-state index in [1.54, 1.807) is 24.3 Å². The largest absolute Gasteiger partial charge is 0.490 e. The van der Waals surface area contributed by atoms with Crippen LogP contribution in [0.1, 0.15) is 48.4 Å². The Morgan fingerprint density at radius 3 is 2.03 bits per heavy atom. The fourth-order valence-electron chi connectivity index (χ4n) is 2.92. The first-order chi connectivity index (χ1) is 15.9. The van der Waals surface area contributed by atoms with Gasteiger partial charge in [-0.25, -0.2) is 4.79 Å². The monoisotopic (exact) mass is 458 g/mol. The first-order valence-electron chi connectivity index (χ1n) is 10.8. The van der Waals surface area contributed by atoms with E-state index in [0.29, 0.717) is 54.9 Å². The van der Waals surface area contributed by atoms with Gasteiger partial charge in [-0.2, -0.15) is 0 Å². The van der Waals surface area contributed by atoms with Crippen LogP contribution in [0, 0.1) is 0 Å². The van der Waals surface area contributed by atoms with Crippen LogP contribution >= 0.6 is 0 Å². The summed E-state index contributed by atoms with van der Waals surface area (Å²) in [5.41, 5.74) is 0.988. The molecule has 0 aliphatic rings. The van der Waals surface area contributed by atoms with Gasteiger partial charge in [-0.1, -0.05) is 6.07 Å². The van der Waals surface area contributed by atoms with Crippen LogP contribution < -0.4 is 24.8 Å². The molecule has 0 fully saturated rings. The van der Waals surface area contributed by atoms with Gasteiger partial charge in [0.15, 0.2) is 18.1 Å². The van der Waals surface area contributed by atoms with Crippen LogP contribution in [0.2, 0.25) is 0 Å². The van der Waals surface area contributed by atoms with Crippen LogP contribution in [0.25, 0.3) is 0 Å². The highest BCUT2D eigenvalue weighted by molar-refractivity contribution is 5.98. The number of rotatable bonds is 12. The highest BCUT2D eigenvalue weighted by atomic mass is 16.5. The van der Waals surface area contributed by atoms with Gasteiger partial charge in [0, 0.05) is 17.8 Å². The molecule has 0 saturated carbocycles. The van der Waals surface area contributed by atoms with E-state index in [0.717, 1.165) is 0 Å². The number of benzene rings is 2. The SMILES string of the molecule is CCNC(=O)c1cccc(NC(=O)COC(=O)c2cc(OCC)c(OCC)c(OCC)c2)c1. The zero-order chi connectivity index (χ0) is 24.2. The third kappa shape index (κ3) is 7.41. The van der Waals surface area contributed by atoms with Gasteiger partial charge >= 0.3 is 5.97 Å². The molecule has 2 aromatic rings. The Hall–Kier alpha value is -3.75. The fraction of sp³-hybridized carbons (Fsp3) is 0.375. The molecule has 0 heterocycles. The molecule has 0 atom stereocenters. The van der Waals surface area contributed by atoms with Gasteiger partial charge in [0.1, 0.15) is 0 Å². The molecule has 0 saturated heterocycles. The van der Waals surface area contributed by atoms with E-state index >= 15 is 0 Å². The summed E-state index contributed by atoms with van der Waals surface area (Å²) in [5.74, 6) is -0.399. The van der Waals surface area contributed by atoms with Crippen molar-refractivity contribution in [3.05, 3.63) is 47.5 Å². The van der Waals surface area contributed by atoms with Gasteiger partial charge in [-0.3, -0.25) is 9.59 Å². The smallest absolute Gasteiger partial charge is 0.338 e. The second-order valence-corrected chi connectivity index (χ2v) is 6.67. The lowest BCUT2D eigenvalue weighted by Crippen LogP contribution is -2.23. The quantitative estimate of drug-likeness (QED) is 0.469. The molecule has 2 rings (SSSR count). The summed E-state index contributed by atoms with van der Waals surface area (Å²) in [4.78, 5) is 36.8. The van der Waals surface area contributed by atoms with Crippen molar-refractivity contribution in [1.29, 1.82) is 0 Å². The minimum absolute atomic E-state index is 0.163. The molecule has 0 aromatic heterocycles. The molecule has 2 amide bonds. The maximum Gasteiger partial charge on any atom is 0.338 e. The zero-order valence-electron chi connectivity index (χ0n) is 19.4. The molecule has 0 bridgehead atoms. The maximum absolute atomic E-state index is 12.6. The predicted octanol–water partition coefficient (Wildman–Crippen LogP) is 3.43. The lowest BCUT2D eigenvalue weighted by atomic mass is 10.2. The Morgan fingerprint density at radius 1 is 0.818 bits per heavy atom. The van der Waals surface area contributed by atoms with Crippen molar-refractivity contribution in [2.45, 2.75) is 27.7 Å². The summed E-state index contributed by atoms with van der Waals surface area (Å²) in [6.45, 7) is 8.38. The summed E-state index contributed by atoms with van der Waals surface area (Å²) in [7, 11) is 0. The molecule has 2 aromatic carbocycles. The second-order valence-electron chi connectivity index (χ2n) is 6.67. The average molecular weight is 459 g/mol. The highest BCUT2D eigenvalue weighted by Crippen LogP contribution is 2.39. The number of ether oxygens (including phenoxy) is 4. The van der Waals surface area contributed by atoms with Crippen molar-refractivity contribution >= 4 is 23.5 Å². The third-order valence-corrected chi connectivity index (χ3v) is 4.23. The Labute approximate surface area is 193 Å². The van der Waals surface area contributed by atoms with E-state index in [9.17, 15) is 14.4 Å². The maximum atomic E-state index is 12.6. The Morgan fingerprint density at radius 2 is 1.45 bits per heavy atom. The predicted molar refractivity (Wildman–Crippen MR) is 123 cm³/mol. The Kier molecular flexibility index (Phi) is 10.0. The Bertz CT molecular complexity index is 948. The van der Waals surface area contributed by atoms with Crippen molar-refractivity contribution < 1.29 is 33.3 Å². The van der Waals surface area contributed by atoms with E-state index in [1.807, 2.05) is 27.7 Å². The molecule has 178 valence electrons.